The summed E-state index contributed by atoms with van der Waals surface area (Å²) < 4.78 is 37.5. The van der Waals surface area contributed by atoms with Gasteiger partial charge in [-0.15, -0.1) is 0 Å². The van der Waals surface area contributed by atoms with Gasteiger partial charge in [-0.2, -0.15) is 16.1 Å². The van der Waals surface area contributed by atoms with Gasteiger partial charge in [0.25, 0.3) is 5.91 Å². The number of carbonyl (C=O) groups excluding carboxylic acids is 1. The van der Waals surface area contributed by atoms with Crippen LogP contribution in [0.3, 0.4) is 0 Å². The van der Waals surface area contributed by atoms with Crippen LogP contribution in [-0.4, -0.2) is 51.1 Å². The lowest BCUT2D eigenvalue weighted by molar-refractivity contribution is 0.0953. The van der Waals surface area contributed by atoms with E-state index in [1.807, 2.05) is 12.1 Å². The average Bonchev–Trinajstić information content (AvgIpc) is 3.41. The van der Waals surface area contributed by atoms with Gasteiger partial charge in [-0.25, -0.2) is 8.42 Å². The molecule has 1 fully saturated rings. The molecule has 1 N–H and O–H groups in total. The number of hydrogen-bond donors (Lipinski definition) is 1. The number of nitrogens with zero attached hydrogens (tertiary/aromatic N) is 1. The van der Waals surface area contributed by atoms with Crippen molar-refractivity contribution in [3.63, 3.8) is 0 Å². The molecular weight excluding hydrogens is 400 g/mol. The molecule has 3 rings (SSSR count). The van der Waals surface area contributed by atoms with E-state index in [9.17, 15) is 13.2 Å². The maximum absolute atomic E-state index is 12.8. The molecule has 1 aromatic carbocycles. The van der Waals surface area contributed by atoms with Gasteiger partial charge in [-0.3, -0.25) is 4.79 Å². The molecule has 2 aromatic rings. The van der Waals surface area contributed by atoms with Crippen molar-refractivity contribution in [1.29, 1.82) is 0 Å². The van der Waals surface area contributed by atoms with Crippen LogP contribution < -0.4 is 10.1 Å². The number of nitrogens with one attached hydrogen (secondary N) is 1. The van der Waals surface area contributed by atoms with Crippen molar-refractivity contribution in [2.24, 2.45) is 0 Å². The van der Waals surface area contributed by atoms with Crippen molar-refractivity contribution in [3.8, 4) is 5.75 Å². The van der Waals surface area contributed by atoms with Gasteiger partial charge < -0.3 is 14.5 Å². The number of furan rings is 1. The minimum absolute atomic E-state index is 0.118. The number of carbonyl (C=O) groups is 1. The lowest BCUT2D eigenvalue weighted by Crippen LogP contribution is -2.29. The summed E-state index contributed by atoms with van der Waals surface area (Å²) in [5.74, 6) is 2.32. The normalized spacial score (nSPS) is 14.9. The average molecular weight is 425 g/mol. The van der Waals surface area contributed by atoms with E-state index in [2.05, 4.69) is 5.32 Å². The van der Waals surface area contributed by atoms with Crippen LogP contribution in [0.4, 0.5) is 0 Å². The number of ether oxygens (including phenoxy) is 1. The molecule has 152 valence electrons. The Labute approximate surface area is 169 Å². The number of hydrogen-bond acceptors (Lipinski definition) is 6. The van der Waals surface area contributed by atoms with Gasteiger partial charge in [-0.1, -0.05) is 0 Å². The molecule has 2 heterocycles. The number of methoxy groups -OCH3 is 1. The first-order valence-corrected chi connectivity index (χ1v) is 11.7. The quantitative estimate of drug-likeness (QED) is 0.623. The second-order valence-corrected chi connectivity index (χ2v) is 9.40. The van der Waals surface area contributed by atoms with Gasteiger partial charge in [0.2, 0.25) is 10.0 Å². The van der Waals surface area contributed by atoms with Crippen LogP contribution >= 0.6 is 11.8 Å². The fourth-order valence-electron chi connectivity index (χ4n) is 3.00. The van der Waals surface area contributed by atoms with Gasteiger partial charge in [0, 0.05) is 25.4 Å². The third-order valence-electron chi connectivity index (χ3n) is 4.47. The Balaban J connectivity index is 1.63. The minimum atomic E-state index is -3.59. The number of amides is 1. The Morgan fingerprint density at radius 3 is 2.75 bits per heavy atom. The molecule has 7 nitrogen and oxygen atoms in total. The minimum Gasteiger partial charge on any atom is -0.496 e. The predicted octanol–water partition coefficient (Wildman–Crippen LogP) is 2.74. The summed E-state index contributed by atoms with van der Waals surface area (Å²) in [4.78, 5) is 12.7. The molecule has 0 bridgehead atoms. The molecule has 9 heteroatoms. The number of rotatable bonds is 9. The van der Waals surface area contributed by atoms with E-state index < -0.39 is 10.0 Å². The van der Waals surface area contributed by atoms with E-state index in [1.54, 1.807) is 18.0 Å². The molecule has 0 unspecified atom stereocenters. The first kappa shape index (κ1) is 20.8. The molecule has 1 aromatic heterocycles. The molecule has 1 amide bonds. The summed E-state index contributed by atoms with van der Waals surface area (Å²) in [6.07, 6.45) is 3.35. The maximum atomic E-state index is 12.8. The second kappa shape index (κ2) is 9.49. The number of benzene rings is 1. The van der Waals surface area contributed by atoms with Gasteiger partial charge in [0.15, 0.2) is 0 Å². The van der Waals surface area contributed by atoms with E-state index in [0.717, 1.165) is 24.4 Å². The lowest BCUT2D eigenvalue weighted by atomic mass is 10.2. The predicted molar refractivity (Wildman–Crippen MR) is 108 cm³/mol. The first-order chi connectivity index (χ1) is 13.5. The Kier molecular flexibility index (Phi) is 7.03. The summed E-state index contributed by atoms with van der Waals surface area (Å²) in [7, 11) is -2.13. The summed E-state index contributed by atoms with van der Waals surface area (Å²) in [6.45, 7) is 1.49. The second-order valence-electron chi connectivity index (χ2n) is 6.36. The van der Waals surface area contributed by atoms with Crippen molar-refractivity contribution in [1.82, 2.24) is 9.62 Å². The highest BCUT2D eigenvalue weighted by molar-refractivity contribution is 7.98. The van der Waals surface area contributed by atoms with Crippen molar-refractivity contribution in [2.45, 2.75) is 23.5 Å². The van der Waals surface area contributed by atoms with E-state index in [0.29, 0.717) is 31.1 Å². The Morgan fingerprint density at radius 2 is 2.07 bits per heavy atom. The molecule has 0 spiro atoms. The molecule has 0 radical (unpaired) electrons. The van der Waals surface area contributed by atoms with Crippen LogP contribution in [0.2, 0.25) is 0 Å². The van der Waals surface area contributed by atoms with Crippen LogP contribution in [0.1, 0.15) is 29.0 Å². The third-order valence-corrected chi connectivity index (χ3v) is 7.35. The molecule has 0 atom stereocenters. The highest BCUT2D eigenvalue weighted by atomic mass is 32.2. The summed E-state index contributed by atoms with van der Waals surface area (Å²) in [6, 6.07) is 8.17. The largest absolute Gasteiger partial charge is 0.496 e. The van der Waals surface area contributed by atoms with Crippen molar-refractivity contribution in [3.05, 3.63) is 47.9 Å². The zero-order chi connectivity index (χ0) is 20.0. The zero-order valence-corrected chi connectivity index (χ0v) is 17.4. The third kappa shape index (κ3) is 4.89. The SMILES string of the molecule is COc1ccc(S(=O)(=O)N2CCCC2)cc1C(=O)NCCSCc1ccco1. The molecular formula is C19H24N2O5S2. The summed E-state index contributed by atoms with van der Waals surface area (Å²) in [5, 5.41) is 2.82. The van der Waals surface area contributed by atoms with E-state index in [4.69, 9.17) is 9.15 Å². The van der Waals surface area contributed by atoms with Crippen molar-refractivity contribution in [2.75, 3.05) is 32.5 Å². The zero-order valence-electron chi connectivity index (χ0n) is 15.7. The molecule has 0 aliphatic carbocycles. The monoisotopic (exact) mass is 424 g/mol. The smallest absolute Gasteiger partial charge is 0.255 e. The Bertz CT molecular complexity index is 891. The molecule has 1 saturated heterocycles. The van der Waals surface area contributed by atoms with Crippen LogP contribution in [-0.2, 0) is 15.8 Å². The molecule has 0 saturated carbocycles. The van der Waals surface area contributed by atoms with Crippen LogP contribution in [0.15, 0.2) is 45.9 Å². The highest BCUT2D eigenvalue weighted by Crippen LogP contribution is 2.26. The highest BCUT2D eigenvalue weighted by Gasteiger charge is 2.28. The van der Waals surface area contributed by atoms with Crippen molar-refractivity contribution >= 4 is 27.7 Å². The van der Waals surface area contributed by atoms with Crippen LogP contribution in [0.25, 0.3) is 0 Å². The standard InChI is InChI=1S/C19H24N2O5S2/c1-25-18-7-6-16(28(23,24)21-9-2-3-10-21)13-17(18)19(22)20-8-12-27-14-15-5-4-11-26-15/h4-7,11,13H,2-3,8-10,12,14H2,1H3,(H,20,22). The molecule has 1 aliphatic heterocycles. The van der Waals surface area contributed by atoms with Gasteiger partial charge >= 0.3 is 0 Å². The number of sulfonamides is 1. The van der Waals surface area contributed by atoms with E-state index in [1.165, 1.54) is 29.6 Å². The van der Waals surface area contributed by atoms with Gasteiger partial charge in [0.05, 0.1) is 29.6 Å². The van der Waals surface area contributed by atoms with Gasteiger partial charge in [0.1, 0.15) is 11.5 Å². The number of thioether (sulfide) groups is 1. The van der Waals surface area contributed by atoms with Crippen LogP contribution in [0, 0.1) is 0 Å². The van der Waals surface area contributed by atoms with E-state index >= 15 is 0 Å². The van der Waals surface area contributed by atoms with Crippen LogP contribution in [0.5, 0.6) is 5.75 Å². The maximum Gasteiger partial charge on any atom is 0.255 e. The first-order valence-electron chi connectivity index (χ1n) is 9.09. The summed E-state index contributed by atoms with van der Waals surface area (Å²) >= 11 is 1.64. The molecule has 28 heavy (non-hydrogen) atoms. The Hall–Kier alpha value is -1.97. The fourth-order valence-corrected chi connectivity index (χ4v) is 5.30. The fraction of sp³-hybridized carbons (Fsp3) is 0.421. The topological polar surface area (TPSA) is 88.9 Å². The lowest BCUT2D eigenvalue weighted by Gasteiger charge is -2.17. The van der Waals surface area contributed by atoms with E-state index in [-0.39, 0.29) is 16.4 Å². The van der Waals surface area contributed by atoms with Crippen molar-refractivity contribution < 1.29 is 22.4 Å². The Morgan fingerprint density at radius 1 is 1.29 bits per heavy atom. The molecule has 1 aliphatic rings. The summed E-state index contributed by atoms with van der Waals surface area (Å²) in [5.41, 5.74) is 0.221. The van der Waals surface area contributed by atoms with Gasteiger partial charge in [-0.05, 0) is 43.2 Å².